The summed E-state index contributed by atoms with van der Waals surface area (Å²) in [6.45, 7) is -2.75. The van der Waals surface area contributed by atoms with Gasteiger partial charge in [-0.25, -0.2) is 9.55 Å². The Balaban J connectivity index is 2.61. The number of nitrogens with one attached hydrogen (secondary N) is 1. The van der Waals surface area contributed by atoms with Crippen LogP contribution in [-0.2, 0) is 11.3 Å². The first-order chi connectivity index (χ1) is 9.04. The van der Waals surface area contributed by atoms with Crippen LogP contribution in [0, 0.1) is 10.1 Å². The van der Waals surface area contributed by atoms with E-state index < -0.39 is 41.8 Å². The quantitative estimate of drug-likeness (QED) is 0.501. The van der Waals surface area contributed by atoms with Crippen molar-refractivity contribution in [1.29, 1.82) is 0 Å². The predicted octanol–water partition coefficient (Wildman–Crippen LogP) is 1.11. The number of carbonyl (C=O) groups excluding carboxylic acids is 1. The minimum absolute atomic E-state index is 0.595. The van der Waals surface area contributed by atoms with Gasteiger partial charge in [-0.05, 0) is 4.92 Å². The van der Waals surface area contributed by atoms with Crippen LogP contribution >= 0.6 is 0 Å². The number of hydrogen-bond donors (Lipinski definition) is 1. The Hall–Kier alpha value is -2.27. The van der Waals surface area contributed by atoms with E-state index in [0.29, 0.717) is 4.57 Å². The topological polar surface area (TPSA) is 90.1 Å². The molecule has 0 aliphatic carbocycles. The van der Waals surface area contributed by atoms with Crippen molar-refractivity contribution in [2.24, 2.45) is 0 Å². The summed E-state index contributed by atoms with van der Waals surface area (Å²) < 4.78 is 61.2. The molecule has 0 saturated carbocycles. The Morgan fingerprint density at radius 3 is 2.50 bits per heavy atom. The highest BCUT2D eigenvalue weighted by Crippen LogP contribution is 2.34. The largest absolute Gasteiger partial charge is 0.455 e. The second-order valence-electron chi connectivity index (χ2n) is 3.62. The molecular formula is C8H7F5N4O3. The van der Waals surface area contributed by atoms with Crippen molar-refractivity contribution < 1.29 is 31.7 Å². The molecule has 0 bridgehead atoms. The van der Waals surface area contributed by atoms with Crippen molar-refractivity contribution in [3.05, 3.63) is 22.6 Å². The molecule has 112 valence electrons. The van der Waals surface area contributed by atoms with E-state index in [9.17, 15) is 36.9 Å². The first-order valence-corrected chi connectivity index (χ1v) is 4.90. The first-order valence-electron chi connectivity index (χ1n) is 4.90. The average Bonchev–Trinajstić information content (AvgIpc) is 2.73. The Morgan fingerprint density at radius 1 is 1.40 bits per heavy atom. The molecular weight excluding hydrogens is 295 g/mol. The van der Waals surface area contributed by atoms with Crippen molar-refractivity contribution in [2.75, 3.05) is 6.54 Å². The van der Waals surface area contributed by atoms with Crippen LogP contribution in [-0.4, -0.2) is 39.0 Å². The van der Waals surface area contributed by atoms with Gasteiger partial charge in [-0.15, -0.1) is 0 Å². The van der Waals surface area contributed by atoms with Gasteiger partial charge in [0, 0.05) is 0 Å². The zero-order valence-corrected chi connectivity index (χ0v) is 9.53. The van der Waals surface area contributed by atoms with Crippen LogP contribution in [0.15, 0.2) is 12.5 Å². The van der Waals surface area contributed by atoms with Crippen molar-refractivity contribution in [2.45, 2.75) is 18.6 Å². The number of rotatable bonds is 5. The molecule has 12 heteroatoms. The molecule has 20 heavy (non-hydrogen) atoms. The molecule has 0 unspecified atom stereocenters. The van der Waals surface area contributed by atoms with E-state index in [2.05, 4.69) is 4.98 Å². The van der Waals surface area contributed by atoms with Crippen molar-refractivity contribution in [1.82, 2.24) is 14.9 Å². The standard InChI is InChI=1S/C8H7F5N4O3/c9-7(10,8(11,12)13)3-15-5(18)2-16-4-14-1-6(16)17(19)20/h1,4H,2-3H2,(H,15,18). The zero-order chi connectivity index (χ0) is 15.6. The number of halogens is 5. The molecule has 0 atom stereocenters. The van der Waals surface area contributed by atoms with Gasteiger partial charge in [-0.2, -0.15) is 22.0 Å². The lowest BCUT2D eigenvalue weighted by molar-refractivity contribution is -0.392. The Bertz CT molecular complexity index is 512. The molecule has 1 aromatic rings. The molecule has 1 N–H and O–H groups in total. The maximum atomic E-state index is 12.5. The SMILES string of the molecule is O=C(Cn1cncc1[N+](=O)[O-])NCC(F)(F)C(F)(F)F. The fourth-order valence-electron chi connectivity index (χ4n) is 1.11. The molecule has 0 aromatic carbocycles. The highest BCUT2D eigenvalue weighted by atomic mass is 19.4. The Labute approximate surface area is 107 Å². The van der Waals surface area contributed by atoms with Gasteiger partial charge < -0.3 is 15.4 Å². The van der Waals surface area contributed by atoms with E-state index >= 15 is 0 Å². The summed E-state index contributed by atoms with van der Waals surface area (Å²) in [5.74, 6) is -6.92. The highest BCUT2D eigenvalue weighted by molar-refractivity contribution is 5.76. The number of nitro groups is 1. The van der Waals surface area contributed by atoms with Crippen LogP contribution in [0.3, 0.4) is 0 Å². The summed E-state index contributed by atoms with van der Waals surface area (Å²) in [5.41, 5.74) is 0. The summed E-state index contributed by atoms with van der Waals surface area (Å²) >= 11 is 0. The maximum Gasteiger partial charge on any atom is 0.455 e. The molecule has 1 amide bonds. The lowest BCUT2D eigenvalue weighted by atomic mass is 10.3. The molecule has 0 spiro atoms. The van der Waals surface area contributed by atoms with Crippen LogP contribution in [0.5, 0.6) is 0 Å². The van der Waals surface area contributed by atoms with Gasteiger partial charge in [0.2, 0.25) is 0 Å². The lowest BCUT2D eigenvalue weighted by Crippen LogP contribution is -2.47. The number of aromatic nitrogens is 2. The number of carbonyl (C=O) groups is 1. The van der Waals surface area contributed by atoms with Gasteiger partial charge >= 0.3 is 17.9 Å². The van der Waals surface area contributed by atoms with Gasteiger partial charge in [-0.1, -0.05) is 0 Å². The van der Waals surface area contributed by atoms with E-state index in [-0.39, 0.29) is 0 Å². The van der Waals surface area contributed by atoms with Crippen LogP contribution in [0.25, 0.3) is 0 Å². The van der Waals surface area contributed by atoms with Crippen molar-refractivity contribution in [3.8, 4) is 0 Å². The third-order valence-electron chi connectivity index (χ3n) is 2.11. The summed E-state index contributed by atoms with van der Waals surface area (Å²) in [6.07, 6.45) is -4.11. The molecule has 1 aromatic heterocycles. The predicted molar refractivity (Wildman–Crippen MR) is 52.9 cm³/mol. The summed E-state index contributed by atoms with van der Waals surface area (Å²) in [6, 6.07) is 0. The monoisotopic (exact) mass is 302 g/mol. The van der Waals surface area contributed by atoms with E-state index in [1.165, 1.54) is 5.32 Å². The van der Waals surface area contributed by atoms with Crippen LogP contribution in [0.2, 0.25) is 0 Å². The van der Waals surface area contributed by atoms with E-state index in [1.807, 2.05) is 0 Å². The van der Waals surface area contributed by atoms with Gasteiger partial charge in [0.25, 0.3) is 5.91 Å². The third-order valence-corrected chi connectivity index (χ3v) is 2.11. The van der Waals surface area contributed by atoms with Gasteiger partial charge in [0.05, 0.1) is 6.54 Å². The molecule has 0 saturated heterocycles. The highest BCUT2D eigenvalue weighted by Gasteiger charge is 2.57. The molecule has 0 fully saturated rings. The number of hydrogen-bond acceptors (Lipinski definition) is 4. The Kier molecular flexibility index (Phi) is 4.25. The molecule has 0 aliphatic rings. The van der Waals surface area contributed by atoms with E-state index in [4.69, 9.17) is 0 Å². The van der Waals surface area contributed by atoms with Crippen molar-refractivity contribution >= 4 is 11.7 Å². The average molecular weight is 302 g/mol. The normalized spacial score (nSPS) is 12.2. The van der Waals surface area contributed by atoms with Crippen LogP contribution in [0.4, 0.5) is 27.8 Å². The number of alkyl halides is 5. The van der Waals surface area contributed by atoms with Gasteiger partial charge in [0.15, 0.2) is 12.9 Å². The number of nitrogens with zero attached hydrogens (tertiary/aromatic N) is 3. The van der Waals surface area contributed by atoms with Gasteiger partial charge in [0.1, 0.15) is 6.20 Å². The van der Waals surface area contributed by atoms with E-state index in [1.54, 1.807) is 0 Å². The van der Waals surface area contributed by atoms with Crippen molar-refractivity contribution in [3.63, 3.8) is 0 Å². The molecule has 0 aliphatic heterocycles. The second kappa shape index (κ2) is 5.38. The number of amides is 1. The van der Waals surface area contributed by atoms with Crippen LogP contribution in [0.1, 0.15) is 0 Å². The molecule has 1 heterocycles. The summed E-state index contributed by atoms with van der Waals surface area (Å²) in [5, 5.41) is 11.8. The summed E-state index contributed by atoms with van der Waals surface area (Å²) in [4.78, 5) is 24.1. The zero-order valence-electron chi connectivity index (χ0n) is 9.53. The Morgan fingerprint density at radius 2 is 2.00 bits per heavy atom. The minimum Gasteiger partial charge on any atom is -0.358 e. The van der Waals surface area contributed by atoms with Crippen LogP contribution < -0.4 is 5.32 Å². The third kappa shape index (κ3) is 3.61. The maximum absolute atomic E-state index is 12.5. The number of imidazole rings is 1. The van der Waals surface area contributed by atoms with E-state index in [0.717, 1.165) is 12.5 Å². The fourth-order valence-corrected chi connectivity index (χ4v) is 1.11. The second-order valence-corrected chi connectivity index (χ2v) is 3.62. The summed E-state index contributed by atoms with van der Waals surface area (Å²) in [7, 11) is 0. The first kappa shape index (κ1) is 15.8. The lowest BCUT2D eigenvalue weighted by Gasteiger charge is -2.19. The molecule has 0 radical (unpaired) electrons. The van der Waals surface area contributed by atoms with Gasteiger partial charge in [-0.3, -0.25) is 4.79 Å². The molecule has 1 rings (SSSR count). The fraction of sp³-hybridized carbons (Fsp3) is 0.500. The smallest absolute Gasteiger partial charge is 0.358 e. The molecule has 7 nitrogen and oxygen atoms in total. The minimum atomic E-state index is -5.79.